The Labute approximate surface area is 75.1 Å². The van der Waals surface area contributed by atoms with Crippen molar-refractivity contribution >= 4 is 12.9 Å². The topological polar surface area (TPSA) is 57.5 Å². The SMILES string of the molecule is O=P(O)(O)c1ccccc1.[Mn]. The molecule has 0 heterocycles. The van der Waals surface area contributed by atoms with E-state index in [1.54, 1.807) is 18.2 Å². The molecule has 0 aliphatic rings. The summed E-state index contributed by atoms with van der Waals surface area (Å²) in [6.45, 7) is 0. The molecule has 1 radical (unpaired) electrons. The van der Waals surface area contributed by atoms with Crippen LogP contribution in [0.5, 0.6) is 0 Å². The molecule has 3 nitrogen and oxygen atoms in total. The van der Waals surface area contributed by atoms with Crippen LogP contribution in [0.2, 0.25) is 0 Å². The molecule has 0 bridgehead atoms. The van der Waals surface area contributed by atoms with Gasteiger partial charge in [0.1, 0.15) is 0 Å². The van der Waals surface area contributed by atoms with Gasteiger partial charge in [0.15, 0.2) is 0 Å². The minimum Gasteiger partial charge on any atom is -0.321 e. The fraction of sp³-hybridized carbons (Fsp3) is 0. The number of hydrogen-bond donors (Lipinski definition) is 2. The Morgan fingerprint density at radius 1 is 1.09 bits per heavy atom. The predicted octanol–water partition coefficient (Wildman–Crippen LogP) is 0.487. The summed E-state index contributed by atoms with van der Waals surface area (Å²) in [4.78, 5) is 17.2. The molecule has 0 saturated heterocycles. The molecule has 1 rings (SSSR count). The van der Waals surface area contributed by atoms with Crippen molar-refractivity contribution in [1.82, 2.24) is 0 Å². The Bertz CT molecular complexity index is 256. The van der Waals surface area contributed by atoms with Crippen molar-refractivity contribution < 1.29 is 31.4 Å². The van der Waals surface area contributed by atoms with Gasteiger partial charge in [-0.15, -0.1) is 0 Å². The largest absolute Gasteiger partial charge is 0.356 e. The Morgan fingerprint density at radius 3 is 1.82 bits per heavy atom. The first kappa shape index (κ1) is 10.9. The molecular weight excluding hydrogens is 206 g/mol. The van der Waals surface area contributed by atoms with E-state index < -0.39 is 7.60 Å². The van der Waals surface area contributed by atoms with Gasteiger partial charge in [0, 0.05) is 17.1 Å². The first-order valence-electron chi connectivity index (χ1n) is 2.72. The Balaban J connectivity index is 0.000001000. The van der Waals surface area contributed by atoms with Crippen molar-refractivity contribution in [3.63, 3.8) is 0 Å². The van der Waals surface area contributed by atoms with Gasteiger partial charge < -0.3 is 9.79 Å². The fourth-order valence-corrected chi connectivity index (χ4v) is 1.18. The quantitative estimate of drug-likeness (QED) is 0.527. The van der Waals surface area contributed by atoms with Crippen molar-refractivity contribution in [2.24, 2.45) is 0 Å². The molecule has 0 amide bonds. The first-order valence-corrected chi connectivity index (χ1v) is 4.33. The minimum atomic E-state index is -4.02. The normalized spacial score (nSPS) is 10.4. The van der Waals surface area contributed by atoms with Crippen LogP contribution >= 0.6 is 7.60 Å². The summed E-state index contributed by atoms with van der Waals surface area (Å²) in [5, 5.41) is 0.0648. The molecule has 1 aromatic carbocycles. The summed E-state index contributed by atoms with van der Waals surface area (Å²) < 4.78 is 10.5. The second kappa shape index (κ2) is 4.05. The summed E-state index contributed by atoms with van der Waals surface area (Å²) in [5.74, 6) is 0. The van der Waals surface area contributed by atoms with E-state index in [1.807, 2.05) is 0 Å². The van der Waals surface area contributed by atoms with E-state index in [2.05, 4.69) is 0 Å². The van der Waals surface area contributed by atoms with Gasteiger partial charge in [-0.25, -0.2) is 0 Å². The maximum Gasteiger partial charge on any atom is 0.356 e. The van der Waals surface area contributed by atoms with E-state index in [9.17, 15) is 4.57 Å². The third-order valence-electron chi connectivity index (χ3n) is 1.09. The van der Waals surface area contributed by atoms with Crippen LogP contribution in [0.25, 0.3) is 0 Å². The van der Waals surface area contributed by atoms with E-state index >= 15 is 0 Å². The van der Waals surface area contributed by atoms with Crippen LogP contribution in [-0.4, -0.2) is 9.79 Å². The summed E-state index contributed by atoms with van der Waals surface area (Å²) in [7, 11) is -4.02. The fourth-order valence-electron chi connectivity index (χ4n) is 0.622. The molecular formula is C6H7MnO3P. The summed E-state index contributed by atoms with van der Waals surface area (Å²) in [6.07, 6.45) is 0. The second-order valence-corrected chi connectivity index (χ2v) is 3.48. The average molecular weight is 213 g/mol. The third-order valence-corrected chi connectivity index (χ3v) is 2.06. The minimum absolute atomic E-state index is 0. The van der Waals surface area contributed by atoms with Gasteiger partial charge in [0.25, 0.3) is 0 Å². The van der Waals surface area contributed by atoms with E-state index in [1.165, 1.54) is 12.1 Å². The van der Waals surface area contributed by atoms with Crippen molar-refractivity contribution in [2.75, 3.05) is 0 Å². The van der Waals surface area contributed by atoms with E-state index in [0.717, 1.165) is 0 Å². The van der Waals surface area contributed by atoms with Crippen molar-refractivity contribution in [3.05, 3.63) is 30.3 Å². The average Bonchev–Trinajstić information content (AvgIpc) is 1.88. The Kier molecular flexibility index (Phi) is 4.01. The zero-order chi connectivity index (χ0) is 7.61. The molecule has 0 aliphatic carbocycles. The Hall–Kier alpha value is -0.111. The number of rotatable bonds is 1. The van der Waals surface area contributed by atoms with Crippen LogP contribution < -0.4 is 5.30 Å². The van der Waals surface area contributed by atoms with E-state index in [0.29, 0.717) is 0 Å². The molecule has 5 heteroatoms. The van der Waals surface area contributed by atoms with Crippen LogP contribution in [0.15, 0.2) is 30.3 Å². The second-order valence-electron chi connectivity index (χ2n) is 1.88. The van der Waals surface area contributed by atoms with Gasteiger partial charge in [-0.1, -0.05) is 18.2 Å². The number of benzene rings is 1. The number of hydrogen-bond acceptors (Lipinski definition) is 1. The van der Waals surface area contributed by atoms with Crippen LogP contribution in [0.1, 0.15) is 0 Å². The maximum atomic E-state index is 10.5. The molecule has 0 aliphatic heterocycles. The molecule has 61 valence electrons. The molecule has 2 N–H and O–H groups in total. The molecule has 0 unspecified atom stereocenters. The Morgan fingerprint density at radius 2 is 1.55 bits per heavy atom. The van der Waals surface area contributed by atoms with Crippen LogP contribution in [0.4, 0.5) is 0 Å². The zero-order valence-corrected chi connectivity index (χ0v) is 7.59. The molecule has 0 spiro atoms. The van der Waals surface area contributed by atoms with Crippen molar-refractivity contribution in [3.8, 4) is 0 Å². The standard InChI is InChI=1S/C6H7O3P.Mn/c7-10(8,9)6-4-2-1-3-5-6;/h1-5H,(H2,7,8,9);. The third kappa shape index (κ3) is 3.19. The predicted molar refractivity (Wildman–Crippen MR) is 38.1 cm³/mol. The van der Waals surface area contributed by atoms with Crippen molar-refractivity contribution in [2.45, 2.75) is 0 Å². The zero-order valence-electron chi connectivity index (χ0n) is 5.51. The van der Waals surface area contributed by atoms with E-state index in [4.69, 9.17) is 9.79 Å². The molecule has 0 aromatic heterocycles. The van der Waals surface area contributed by atoms with Crippen molar-refractivity contribution in [1.29, 1.82) is 0 Å². The van der Waals surface area contributed by atoms with E-state index in [-0.39, 0.29) is 22.4 Å². The molecule has 11 heavy (non-hydrogen) atoms. The van der Waals surface area contributed by atoms with Gasteiger partial charge in [-0.05, 0) is 12.1 Å². The van der Waals surface area contributed by atoms with Gasteiger partial charge in [0.05, 0.1) is 5.30 Å². The monoisotopic (exact) mass is 213 g/mol. The van der Waals surface area contributed by atoms with Gasteiger partial charge in [-0.3, -0.25) is 4.57 Å². The summed E-state index contributed by atoms with van der Waals surface area (Å²) >= 11 is 0. The van der Waals surface area contributed by atoms with Crippen LogP contribution in [-0.2, 0) is 21.6 Å². The van der Waals surface area contributed by atoms with Crippen LogP contribution in [0, 0.1) is 0 Å². The molecule has 1 aromatic rings. The van der Waals surface area contributed by atoms with Gasteiger partial charge >= 0.3 is 7.60 Å². The van der Waals surface area contributed by atoms with Gasteiger partial charge in [0.2, 0.25) is 0 Å². The summed E-state index contributed by atoms with van der Waals surface area (Å²) in [5.41, 5.74) is 0. The molecule has 0 fully saturated rings. The van der Waals surface area contributed by atoms with Gasteiger partial charge in [-0.2, -0.15) is 0 Å². The summed E-state index contributed by atoms with van der Waals surface area (Å²) in [6, 6.07) is 7.70. The first-order chi connectivity index (χ1) is 4.61. The molecule has 0 saturated carbocycles. The smallest absolute Gasteiger partial charge is 0.321 e. The molecule has 0 atom stereocenters. The maximum absolute atomic E-state index is 10.5. The van der Waals surface area contributed by atoms with Crippen LogP contribution in [0.3, 0.4) is 0 Å².